The van der Waals surface area contributed by atoms with Gasteiger partial charge in [-0.25, -0.2) is 0 Å². The summed E-state index contributed by atoms with van der Waals surface area (Å²) in [5.74, 6) is -1.26. The van der Waals surface area contributed by atoms with Gasteiger partial charge < -0.3 is 9.80 Å². The van der Waals surface area contributed by atoms with Crippen molar-refractivity contribution in [1.29, 1.82) is 0 Å². The Balaban J connectivity index is 1.32. The van der Waals surface area contributed by atoms with Gasteiger partial charge in [-0.1, -0.05) is 65.7 Å². The van der Waals surface area contributed by atoms with E-state index in [1.54, 1.807) is 18.2 Å². The molecule has 5 rings (SSSR count). The molecule has 234 valence electrons. The summed E-state index contributed by atoms with van der Waals surface area (Å²) < 4.78 is 80.6. The van der Waals surface area contributed by atoms with Gasteiger partial charge in [0.1, 0.15) is 0 Å². The van der Waals surface area contributed by atoms with Gasteiger partial charge >= 0.3 is 12.4 Å². The predicted octanol–water partition coefficient (Wildman–Crippen LogP) is 9.34. The number of carbonyl (C=O) groups is 1. The Morgan fingerprint density at radius 3 is 2.16 bits per heavy atom. The van der Waals surface area contributed by atoms with Crippen molar-refractivity contribution in [2.75, 3.05) is 33.2 Å². The third-order valence-electron chi connectivity index (χ3n) is 8.71. The number of halogens is 8. The first kappa shape index (κ1) is 32.4. The topological polar surface area (TPSA) is 23.6 Å². The van der Waals surface area contributed by atoms with Gasteiger partial charge in [0.2, 0.25) is 0 Å². The monoisotopic (exact) mass is 654 g/mol. The SMILES string of the molecule is CN(CC(CCN1CCC2(C=Cc3ccccc32)CC1)c1ccc(Cl)c(Cl)c1)C(=O)c1cc(C(F)(F)F)cc(C(F)(F)F)c1. The smallest absolute Gasteiger partial charge is 0.341 e. The fourth-order valence-electron chi connectivity index (χ4n) is 6.23. The van der Waals surface area contributed by atoms with Crippen LogP contribution in [0.15, 0.2) is 66.7 Å². The molecule has 1 heterocycles. The Bertz CT molecular complexity index is 1530. The lowest BCUT2D eigenvalue weighted by Crippen LogP contribution is -2.42. The lowest BCUT2D eigenvalue weighted by Gasteiger charge is -2.40. The van der Waals surface area contributed by atoms with Crippen LogP contribution >= 0.6 is 23.2 Å². The summed E-state index contributed by atoms with van der Waals surface area (Å²) in [6.07, 6.45) is -3.15. The molecule has 1 aliphatic heterocycles. The first-order chi connectivity index (χ1) is 20.7. The fourth-order valence-corrected chi connectivity index (χ4v) is 6.53. The highest BCUT2D eigenvalue weighted by Gasteiger charge is 2.39. The second-order valence-electron chi connectivity index (χ2n) is 11.6. The number of benzene rings is 3. The molecule has 0 saturated carbocycles. The van der Waals surface area contributed by atoms with Gasteiger partial charge in [-0.3, -0.25) is 4.79 Å². The Kier molecular flexibility index (Phi) is 9.13. The van der Waals surface area contributed by atoms with Crippen molar-refractivity contribution in [2.45, 2.75) is 42.9 Å². The maximum absolute atomic E-state index is 13.4. The van der Waals surface area contributed by atoms with Gasteiger partial charge in [-0.05, 0) is 85.9 Å². The number of hydrogen-bond donors (Lipinski definition) is 0. The number of alkyl halides is 6. The van der Waals surface area contributed by atoms with Crippen LogP contribution in [0.3, 0.4) is 0 Å². The third kappa shape index (κ3) is 6.95. The molecular formula is C33H30Cl2F6N2O. The first-order valence-corrected chi connectivity index (χ1v) is 14.9. The number of rotatable bonds is 7. The number of likely N-dealkylation sites (N-methyl/N-ethyl adjacent to an activating group) is 1. The molecule has 1 aliphatic carbocycles. The van der Waals surface area contributed by atoms with E-state index >= 15 is 0 Å². The average Bonchev–Trinajstić information content (AvgIpc) is 3.33. The molecule has 1 fully saturated rings. The van der Waals surface area contributed by atoms with E-state index in [-0.39, 0.29) is 23.9 Å². The lowest BCUT2D eigenvalue weighted by molar-refractivity contribution is -0.143. The number of nitrogens with zero attached hydrogens (tertiary/aromatic N) is 2. The largest absolute Gasteiger partial charge is 0.416 e. The summed E-state index contributed by atoms with van der Waals surface area (Å²) >= 11 is 12.4. The van der Waals surface area contributed by atoms with Crippen molar-refractivity contribution in [2.24, 2.45) is 0 Å². The quantitative estimate of drug-likeness (QED) is 0.237. The van der Waals surface area contributed by atoms with E-state index in [1.165, 1.54) is 18.2 Å². The van der Waals surface area contributed by atoms with E-state index in [4.69, 9.17) is 23.2 Å². The molecule has 1 unspecified atom stereocenters. The number of hydrogen-bond acceptors (Lipinski definition) is 2. The fraction of sp³-hybridized carbons (Fsp3) is 0.364. The molecule has 1 spiro atoms. The normalized spacial score (nSPS) is 17.1. The second kappa shape index (κ2) is 12.4. The van der Waals surface area contributed by atoms with E-state index < -0.39 is 35.0 Å². The van der Waals surface area contributed by atoms with Crippen LogP contribution in [0.1, 0.15) is 63.4 Å². The maximum Gasteiger partial charge on any atom is 0.416 e. The lowest BCUT2D eigenvalue weighted by atomic mass is 9.74. The van der Waals surface area contributed by atoms with Crippen molar-refractivity contribution in [1.82, 2.24) is 9.80 Å². The summed E-state index contributed by atoms with van der Waals surface area (Å²) in [6, 6.07) is 14.4. The predicted molar refractivity (Wildman–Crippen MR) is 160 cm³/mol. The molecule has 0 aromatic heterocycles. The summed E-state index contributed by atoms with van der Waals surface area (Å²) in [5, 5.41) is 0.649. The molecule has 1 atom stereocenters. The molecule has 3 nitrogen and oxygen atoms in total. The first-order valence-electron chi connectivity index (χ1n) is 14.2. The Hall–Kier alpha value is -3.01. The van der Waals surface area contributed by atoms with Crippen molar-refractivity contribution in [3.63, 3.8) is 0 Å². The van der Waals surface area contributed by atoms with Crippen LogP contribution in [0.4, 0.5) is 26.3 Å². The Morgan fingerprint density at radius 1 is 0.909 bits per heavy atom. The highest BCUT2D eigenvalue weighted by molar-refractivity contribution is 6.42. The molecule has 3 aromatic rings. The van der Waals surface area contributed by atoms with E-state index in [1.807, 2.05) is 6.07 Å². The molecule has 0 N–H and O–H groups in total. The van der Waals surface area contributed by atoms with Crippen molar-refractivity contribution < 1.29 is 31.1 Å². The molecule has 1 amide bonds. The van der Waals surface area contributed by atoms with E-state index in [0.29, 0.717) is 35.1 Å². The summed E-state index contributed by atoms with van der Waals surface area (Å²) in [5.41, 5.74) is -0.383. The van der Waals surface area contributed by atoms with Crippen LogP contribution in [0.5, 0.6) is 0 Å². The van der Waals surface area contributed by atoms with Gasteiger partial charge in [-0.15, -0.1) is 0 Å². The van der Waals surface area contributed by atoms with Crippen LogP contribution < -0.4 is 0 Å². The Labute approximate surface area is 262 Å². The van der Waals surface area contributed by atoms with Gasteiger partial charge in [0.15, 0.2) is 0 Å². The molecule has 0 bridgehead atoms. The molecule has 0 radical (unpaired) electrons. The minimum atomic E-state index is -5.05. The molecular weight excluding hydrogens is 625 g/mol. The van der Waals surface area contributed by atoms with Crippen molar-refractivity contribution >= 4 is 35.2 Å². The van der Waals surface area contributed by atoms with E-state index in [2.05, 4.69) is 35.3 Å². The maximum atomic E-state index is 13.4. The Morgan fingerprint density at radius 2 is 1.55 bits per heavy atom. The van der Waals surface area contributed by atoms with Crippen LogP contribution in [0.25, 0.3) is 6.08 Å². The van der Waals surface area contributed by atoms with Crippen LogP contribution in [-0.4, -0.2) is 48.9 Å². The zero-order valence-corrected chi connectivity index (χ0v) is 25.3. The summed E-state index contributed by atoms with van der Waals surface area (Å²) in [6.45, 7) is 2.43. The minimum Gasteiger partial charge on any atom is -0.341 e. The van der Waals surface area contributed by atoms with E-state index in [0.717, 1.165) is 36.4 Å². The van der Waals surface area contributed by atoms with Gasteiger partial charge in [0.25, 0.3) is 5.91 Å². The van der Waals surface area contributed by atoms with Crippen LogP contribution in [-0.2, 0) is 17.8 Å². The minimum absolute atomic E-state index is 0.0119. The second-order valence-corrected chi connectivity index (χ2v) is 12.4. The standard InChI is InChI=1S/C33H30Cl2F6N2O/c1-42(30(44)24-16-25(32(36,37)38)19-26(17-24)33(39,40)41)20-23(22-6-7-28(34)29(35)18-22)9-13-43-14-11-31(12-15-43)10-8-21-4-2-3-5-27(21)31/h2-8,10,16-19,23H,9,11-15,20H2,1H3. The highest BCUT2D eigenvalue weighted by atomic mass is 35.5. The summed E-state index contributed by atoms with van der Waals surface area (Å²) in [4.78, 5) is 16.8. The van der Waals surface area contributed by atoms with Gasteiger partial charge in [0.05, 0.1) is 21.2 Å². The van der Waals surface area contributed by atoms with E-state index in [9.17, 15) is 31.1 Å². The van der Waals surface area contributed by atoms with Gasteiger partial charge in [0, 0.05) is 30.5 Å². The molecule has 2 aliphatic rings. The average molecular weight is 656 g/mol. The summed E-state index contributed by atoms with van der Waals surface area (Å²) in [7, 11) is 1.37. The number of likely N-dealkylation sites (tertiary alicyclic amines) is 1. The van der Waals surface area contributed by atoms with Gasteiger partial charge in [-0.2, -0.15) is 26.3 Å². The molecule has 44 heavy (non-hydrogen) atoms. The number of amides is 1. The molecule has 3 aromatic carbocycles. The van der Waals surface area contributed by atoms with Crippen molar-refractivity contribution in [3.05, 3.63) is 110 Å². The zero-order chi connectivity index (χ0) is 31.9. The van der Waals surface area contributed by atoms with Crippen LogP contribution in [0.2, 0.25) is 10.0 Å². The number of fused-ring (bicyclic) bond motifs is 2. The zero-order valence-electron chi connectivity index (χ0n) is 23.8. The third-order valence-corrected chi connectivity index (χ3v) is 9.45. The molecule has 1 saturated heterocycles. The van der Waals surface area contributed by atoms with Crippen molar-refractivity contribution in [3.8, 4) is 0 Å². The van der Waals surface area contributed by atoms with Crippen LogP contribution in [0, 0.1) is 0 Å². The molecule has 11 heteroatoms. The number of allylic oxidation sites excluding steroid dienone is 1. The highest BCUT2D eigenvalue weighted by Crippen LogP contribution is 2.44. The number of piperidine rings is 1. The number of carbonyl (C=O) groups excluding carboxylic acids is 1.